The second-order valence-electron chi connectivity index (χ2n) is 9.75. The second-order valence-corrected chi connectivity index (χ2v) is 11.5. The van der Waals surface area contributed by atoms with Gasteiger partial charge < -0.3 is 15.4 Å². The maximum Gasteiger partial charge on any atom is 0.220 e. The molecule has 0 saturated heterocycles. The van der Waals surface area contributed by atoms with Gasteiger partial charge in [0.2, 0.25) is 5.91 Å². The fourth-order valence-corrected chi connectivity index (χ4v) is 5.08. The molecule has 4 nitrogen and oxygen atoms in total. The van der Waals surface area contributed by atoms with Gasteiger partial charge in [0, 0.05) is 23.5 Å². The van der Waals surface area contributed by atoms with Crippen LogP contribution >= 0.6 is 22.6 Å². The summed E-state index contributed by atoms with van der Waals surface area (Å²) < 4.78 is 7.08. The first-order valence-electron chi connectivity index (χ1n) is 13.3. The molecule has 0 aromatic heterocycles. The molecule has 1 saturated carbocycles. The van der Waals surface area contributed by atoms with Crippen molar-refractivity contribution in [3.8, 4) is 0 Å². The van der Waals surface area contributed by atoms with E-state index in [0.717, 1.165) is 55.8 Å². The third kappa shape index (κ3) is 16.4. The molecule has 2 unspecified atom stereocenters. The minimum absolute atomic E-state index is 0.222. The Balaban J connectivity index is 1.99. The Morgan fingerprint density at radius 2 is 1.68 bits per heavy atom. The van der Waals surface area contributed by atoms with Crippen LogP contribution in [0.5, 0.6) is 0 Å². The lowest BCUT2D eigenvalue weighted by Gasteiger charge is -2.28. The zero-order valence-electron chi connectivity index (χ0n) is 20.7. The van der Waals surface area contributed by atoms with Crippen molar-refractivity contribution in [3.63, 3.8) is 0 Å². The van der Waals surface area contributed by atoms with Gasteiger partial charge in [0.25, 0.3) is 0 Å². The van der Waals surface area contributed by atoms with Gasteiger partial charge in [-0.1, -0.05) is 75.5 Å². The standard InChI is InChI=1S/C26H51IN2O2/c1-4-6-7-10-17-28-18-11-8-9-12-26(30)29-20-22(3)19-23(5-2)21-31-25-15-13-24(27)14-16-25/h22-25,28H,4-21H2,1-3H3,(H,29,30). The summed E-state index contributed by atoms with van der Waals surface area (Å²) in [6, 6.07) is 0. The van der Waals surface area contributed by atoms with Crippen molar-refractivity contribution in [2.45, 2.75) is 121 Å². The molecule has 1 fully saturated rings. The lowest BCUT2D eigenvalue weighted by atomic mass is 9.93. The van der Waals surface area contributed by atoms with Gasteiger partial charge in [-0.2, -0.15) is 0 Å². The van der Waals surface area contributed by atoms with Crippen molar-refractivity contribution in [1.82, 2.24) is 10.6 Å². The summed E-state index contributed by atoms with van der Waals surface area (Å²) in [5.41, 5.74) is 0. The van der Waals surface area contributed by atoms with Crippen molar-refractivity contribution in [2.75, 3.05) is 26.2 Å². The van der Waals surface area contributed by atoms with Gasteiger partial charge in [0.05, 0.1) is 6.10 Å². The molecule has 0 bridgehead atoms. The van der Waals surface area contributed by atoms with E-state index < -0.39 is 0 Å². The molecule has 1 aliphatic carbocycles. The number of rotatable bonds is 19. The molecule has 1 aliphatic rings. The van der Waals surface area contributed by atoms with Crippen molar-refractivity contribution >= 4 is 28.5 Å². The number of hydrogen-bond acceptors (Lipinski definition) is 3. The Labute approximate surface area is 206 Å². The molecule has 0 aliphatic heterocycles. The Bertz CT molecular complexity index is 428. The van der Waals surface area contributed by atoms with E-state index in [1.807, 2.05) is 0 Å². The molecule has 1 amide bonds. The highest BCUT2D eigenvalue weighted by Gasteiger charge is 2.21. The van der Waals surface area contributed by atoms with E-state index >= 15 is 0 Å². The van der Waals surface area contributed by atoms with Crippen LogP contribution < -0.4 is 10.6 Å². The van der Waals surface area contributed by atoms with Crippen LogP contribution in [-0.4, -0.2) is 42.2 Å². The molecule has 0 heterocycles. The normalized spacial score (nSPS) is 21.0. The SMILES string of the molecule is CCCCCCNCCCCCC(=O)NCC(C)CC(CC)COC1CCC(I)CC1. The minimum Gasteiger partial charge on any atom is -0.378 e. The predicted molar refractivity (Wildman–Crippen MR) is 142 cm³/mol. The molecule has 5 heteroatoms. The smallest absolute Gasteiger partial charge is 0.220 e. The number of amides is 1. The maximum atomic E-state index is 12.1. The van der Waals surface area contributed by atoms with Crippen molar-refractivity contribution in [2.24, 2.45) is 11.8 Å². The zero-order valence-corrected chi connectivity index (χ0v) is 22.9. The van der Waals surface area contributed by atoms with Crippen LogP contribution in [-0.2, 0) is 9.53 Å². The third-order valence-electron chi connectivity index (χ3n) is 6.60. The number of carbonyl (C=O) groups is 1. The van der Waals surface area contributed by atoms with Crippen molar-refractivity contribution < 1.29 is 9.53 Å². The van der Waals surface area contributed by atoms with Gasteiger partial charge >= 0.3 is 0 Å². The number of unbranched alkanes of at least 4 members (excludes halogenated alkanes) is 5. The highest BCUT2D eigenvalue weighted by Crippen LogP contribution is 2.27. The molecule has 0 aromatic rings. The Morgan fingerprint density at radius 3 is 2.32 bits per heavy atom. The molecule has 0 aromatic carbocycles. The molecule has 2 N–H and O–H groups in total. The van der Waals surface area contributed by atoms with Crippen LogP contribution in [0.4, 0.5) is 0 Å². The first kappa shape index (κ1) is 29.2. The molecule has 2 atom stereocenters. The summed E-state index contributed by atoms with van der Waals surface area (Å²) in [4.78, 5) is 12.1. The number of halogens is 1. The molecular weight excluding hydrogens is 499 g/mol. The lowest BCUT2D eigenvalue weighted by Crippen LogP contribution is -2.30. The predicted octanol–water partition coefficient (Wildman–Crippen LogP) is 6.65. The molecular formula is C26H51IN2O2. The van der Waals surface area contributed by atoms with Gasteiger partial charge in [-0.05, 0) is 76.3 Å². The fourth-order valence-electron chi connectivity index (χ4n) is 4.36. The number of alkyl halides is 1. The quantitative estimate of drug-likeness (QED) is 0.108. The van der Waals surface area contributed by atoms with Gasteiger partial charge in [-0.3, -0.25) is 4.79 Å². The molecule has 0 radical (unpaired) electrons. The Morgan fingerprint density at radius 1 is 1.00 bits per heavy atom. The lowest BCUT2D eigenvalue weighted by molar-refractivity contribution is -0.121. The van der Waals surface area contributed by atoms with Gasteiger partial charge in [-0.15, -0.1) is 0 Å². The average molecular weight is 551 g/mol. The minimum atomic E-state index is 0.222. The average Bonchev–Trinajstić information content (AvgIpc) is 2.77. The van der Waals surface area contributed by atoms with E-state index in [2.05, 4.69) is 54.0 Å². The monoisotopic (exact) mass is 550 g/mol. The third-order valence-corrected chi connectivity index (χ3v) is 7.84. The molecule has 31 heavy (non-hydrogen) atoms. The van der Waals surface area contributed by atoms with E-state index in [1.54, 1.807) is 0 Å². The molecule has 1 rings (SSSR count). The van der Waals surface area contributed by atoms with Crippen LogP contribution in [0.2, 0.25) is 0 Å². The van der Waals surface area contributed by atoms with Crippen LogP contribution in [0.25, 0.3) is 0 Å². The summed E-state index contributed by atoms with van der Waals surface area (Å²) >= 11 is 2.57. The topological polar surface area (TPSA) is 50.4 Å². The largest absolute Gasteiger partial charge is 0.378 e. The molecule has 184 valence electrons. The van der Waals surface area contributed by atoms with Crippen molar-refractivity contribution in [3.05, 3.63) is 0 Å². The van der Waals surface area contributed by atoms with E-state index in [1.165, 1.54) is 57.8 Å². The molecule has 0 spiro atoms. The number of carbonyl (C=O) groups excluding carboxylic acids is 1. The maximum absolute atomic E-state index is 12.1. The van der Waals surface area contributed by atoms with Crippen LogP contribution in [0, 0.1) is 11.8 Å². The highest BCUT2D eigenvalue weighted by atomic mass is 127. The van der Waals surface area contributed by atoms with Crippen LogP contribution in [0.3, 0.4) is 0 Å². The van der Waals surface area contributed by atoms with Gasteiger partial charge in [0.1, 0.15) is 0 Å². The first-order chi connectivity index (χ1) is 15.0. The summed E-state index contributed by atoms with van der Waals surface area (Å²) in [7, 11) is 0. The first-order valence-corrected chi connectivity index (χ1v) is 14.5. The zero-order chi connectivity index (χ0) is 22.7. The number of nitrogens with one attached hydrogen (secondary N) is 2. The Hall–Kier alpha value is 0.120. The van der Waals surface area contributed by atoms with E-state index in [9.17, 15) is 4.79 Å². The summed E-state index contributed by atoms with van der Waals surface area (Å²) in [6.07, 6.45) is 17.1. The number of hydrogen-bond donors (Lipinski definition) is 2. The van der Waals surface area contributed by atoms with Gasteiger partial charge in [0.15, 0.2) is 0 Å². The van der Waals surface area contributed by atoms with E-state index in [-0.39, 0.29) is 5.91 Å². The fraction of sp³-hybridized carbons (Fsp3) is 0.962. The van der Waals surface area contributed by atoms with Crippen LogP contribution in [0.1, 0.15) is 111 Å². The number of ether oxygens (including phenoxy) is 1. The second kappa shape index (κ2) is 19.6. The van der Waals surface area contributed by atoms with E-state index in [4.69, 9.17) is 4.74 Å². The van der Waals surface area contributed by atoms with Gasteiger partial charge in [-0.25, -0.2) is 0 Å². The van der Waals surface area contributed by atoms with E-state index in [0.29, 0.717) is 24.4 Å². The van der Waals surface area contributed by atoms with Crippen molar-refractivity contribution in [1.29, 1.82) is 0 Å². The Kier molecular flexibility index (Phi) is 18.4. The summed E-state index contributed by atoms with van der Waals surface area (Å²) in [5.74, 6) is 1.34. The summed E-state index contributed by atoms with van der Waals surface area (Å²) in [6.45, 7) is 10.7. The summed E-state index contributed by atoms with van der Waals surface area (Å²) in [5, 5.41) is 6.67. The van der Waals surface area contributed by atoms with Crippen LogP contribution in [0.15, 0.2) is 0 Å². The highest BCUT2D eigenvalue weighted by molar-refractivity contribution is 14.1.